The molecule has 1 saturated heterocycles. The monoisotopic (exact) mass is 441 g/mol. The van der Waals surface area contributed by atoms with Crippen LogP contribution >= 0.6 is 22.6 Å². The lowest BCUT2D eigenvalue weighted by atomic mass is 10.1. The van der Waals surface area contributed by atoms with Crippen molar-refractivity contribution in [2.75, 3.05) is 5.01 Å². The van der Waals surface area contributed by atoms with Crippen molar-refractivity contribution in [3.8, 4) is 0 Å². The van der Waals surface area contributed by atoms with Crippen LogP contribution in [0.4, 0.5) is 5.69 Å². The molecule has 0 atom stereocenters. The molecular formula is C19H12IN3O2. The number of anilines is 1. The van der Waals surface area contributed by atoms with Crippen LogP contribution in [-0.2, 0) is 9.59 Å². The van der Waals surface area contributed by atoms with Crippen LogP contribution in [0.25, 0.3) is 17.0 Å². The summed E-state index contributed by atoms with van der Waals surface area (Å²) in [7, 11) is 0. The fourth-order valence-corrected chi connectivity index (χ4v) is 3.00. The zero-order valence-electron chi connectivity index (χ0n) is 12.9. The van der Waals surface area contributed by atoms with Crippen molar-refractivity contribution in [3.63, 3.8) is 0 Å². The summed E-state index contributed by atoms with van der Waals surface area (Å²) in [5.74, 6) is -0.820. The van der Waals surface area contributed by atoms with E-state index < -0.39 is 5.91 Å². The number of nitrogens with one attached hydrogen (secondary N) is 1. The quantitative estimate of drug-likeness (QED) is 0.377. The van der Waals surface area contributed by atoms with Crippen molar-refractivity contribution >= 4 is 57.1 Å². The van der Waals surface area contributed by atoms with E-state index in [1.807, 2.05) is 42.5 Å². The second-order valence-corrected chi connectivity index (χ2v) is 6.79. The van der Waals surface area contributed by atoms with E-state index in [1.54, 1.807) is 18.2 Å². The van der Waals surface area contributed by atoms with Gasteiger partial charge in [0.05, 0.1) is 16.9 Å². The molecule has 2 aromatic carbocycles. The Morgan fingerprint density at radius 1 is 0.960 bits per heavy atom. The van der Waals surface area contributed by atoms with Gasteiger partial charge in [0.25, 0.3) is 11.8 Å². The number of hydrogen-bond donors (Lipinski definition) is 1. The molecule has 0 bridgehead atoms. The Kier molecular flexibility index (Phi) is 3.96. The Bertz CT molecular complexity index is 1030. The van der Waals surface area contributed by atoms with Gasteiger partial charge >= 0.3 is 0 Å². The second kappa shape index (κ2) is 6.29. The number of hydrazine groups is 1. The molecule has 0 radical (unpaired) electrons. The molecule has 2 heterocycles. The van der Waals surface area contributed by atoms with Gasteiger partial charge in [-0.3, -0.25) is 15.0 Å². The number of rotatable bonds is 2. The van der Waals surface area contributed by atoms with Crippen LogP contribution in [-0.4, -0.2) is 16.8 Å². The van der Waals surface area contributed by atoms with E-state index in [2.05, 4.69) is 33.0 Å². The van der Waals surface area contributed by atoms with Crippen molar-refractivity contribution in [1.29, 1.82) is 0 Å². The van der Waals surface area contributed by atoms with E-state index in [0.29, 0.717) is 11.4 Å². The topological polar surface area (TPSA) is 62.3 Å². The minimum Gasteiger partial charge on any atom is -0.267 e. The average Bonchev–Trinajstić information content (AvgIpc) is 2.90. The lowest BCUT2D eigenvalue weighted by Gasteiger charge is -2.14. The summed E-state index contributed by atoms with van der Waals surface area (Å²) in [6.07, 6.45) is 1.52. The molecule has 25 heavy (non-hydrogen) atoms. The van der Waals surface area contributed by atoms with Crippen LogP contribution in [0, 0.1) is 3.57 Å². The van der Waals surface area contributed by atoms with Gasteiger partial charge in [0.15, 0.2) is 0 Å². The number of aromatic nitrogens is 1. The number of fused-ring (bicyclic) bond motifs is 1. The van der Waals surface area contributed by atoms with Gasteiger partial charge in [-0.2, -0.15) is 0 Å². The molecule has 0 aliphatic carbocycles. The molecule has 4 rings (SSSR count). The first-order chi connectivity index (χ1) is 12.1. The Morgan fingerprint density at radius 3 is 2.52 bits per heavy atom. The fraction of sp³-hybridized carbons (Fsp3) is 0. The van der Waals surface area contributed by atoms with Crippen molar-refractivity contribution < 1.29 is 9.59 Å². The number of nitrogens with zero attached hydrogens (tertiary/aromatic N) is 2. The molecule has 1 N–H and O–H groups in total. The van der Waals surface area contributed by atoms with Gasteiger partial charge in [0.1, 0.15) is 5.57 Å². The molecule has 5 nitrogen and oxygen atoms in total. The van der Waals surface area contributed by atoms with E-state index in [4.69, 9.17) is 0 Å². The van der Waals surface area contributed by atoms with Gasteiger partial charge in [0, 0.05) is 8.96 Å². The highest BCUT2D eigenvalue weighted by Crippen LogP contribution is 2.22. The molecule has 2 amide bonds. The van der Waals surface area contributed by atoms with Crippen LogP contribution in [0.1, 0.15) is 5.69 Å². The summed E-state index contributed by atoms with van der Waals surface area (Å²) in [5, 5.41) is 2.26. The second-order valence-electron chi connectivity index (χ2n) is 5.54. The van der Waals surface area contributed by atoms with Gasteiger partial charge < -0.3 is 0 Å². The summed E-state index contributed by atoms with van der Waals surface area (Å²) < 4.78 is 1.05. The SMILES string of the molecule is O=C1NN(c2ccc(I)cc2)C(=O)/C1=C\c1ccc2ccccc2n1. The van der Waals surface area contributed by atoms with Crippen LogP contribution in [0.5, 0.6) is 0 Å². The van der Waals surface area contributed by atoms with Gasteiger partial charge in [-0.15, -0.1) is 0 Å². The number of carbonyl (C=O) groups excluding carboxylic acids is 2. The van der Waals surface area contributed by atoms with Gasteiger partial charge in [-0.1, -0.05) is 24.3 Å². The third kappa shape index (κ3) is 3.00. The van der Waals surface area contributed by atoms with Crippen molar-refractivity contribution in [1.82, 2.24) is 10.4 Å². The third-order valence-corrected chi connectivity index (χ3v) is 4.61. The number of para-hydroxylation sites is 1. The maximum Gasteiger partial charge on any atom is 0.282 e. The summed E-state index contributed by atoms with van der Waals surface area (Å²) in [6.45, 7) is 0. The van der Waals surface area contributed by atoms with Crippen LogP contribution in [0.2, 0.25) is 0 Å². The highest BCUT2D eigenvalue weighted by Gasteiger charge is 2.34. The average molecular weight is 441 g/mol. The van der Waals surface area contributed by atoms with Crippen molar-refractivity contribution in [2.24, 2.45) is 0 Å². The Morgan fingerprint density at radius 2 is 1.72 bits per heavy atom. The van der Waals surface area contributed by atoms with Gasteiger partial charge in [0.2, 0.25) is 0 Å². The van der Waals surface area contributed by atoms with E-state index in [1.165, 1.54) is 11.1 Å². The number of carbonyl (C=O) groups is 2. The third-order valence-electron chi connectivity index (χ3n) is 3.89. The number of pyridine rings is 1. The van der Waals surface area contributed by atoms with E-state index in [9.17, 15) is 9.59 Å². The molecule has 0 saturated carbocycles. The largest absolute Gasteiger partial charge is 0.282 e. The first-order valence-electron chi connectivity index (χ1n) is 7.60. The summed E-state index contributed by atoms with van der Waals surface area (Å²) in [4.78, 5) is 29.3. The van der Waals surface area contributed by atoms with Crippen LogP contribution in [0.15, 0.2) is 66.2 Å². The molecule has 0 unspecified atom stereocenters. The predicted molar refractivity (Wildman–Crippen MR) is 105 cm³/mol. The normalized spacial score (nSPS) is 15.9. The summed E-state index contributed by atoms with van der Waals surface area (Å²) in [6, 6.07) is 18.7. The first-order valence-corrected chi connectivity index (χ1v) is 8.68. The summed E-state index contributed by atoms with van der Waals surface area (Å²) in [5.41, 5.74) is 4.67. The van der Waals surface area contributed by atoms with E-state index in [0.717, 1.165) is 14.5 Å². The number of benzene rings is 2. The van der Waals surface area contributed by atoms with Crippen molar-refractivity contribution in [2.45, 2.75) is 0 Å². The molecule has 1 aromatic heterocycles. The minimum absolute atomic E-state index is 0.0707. The standard InChI is InChI=1S/C19H12IN3O2/c20-13-6-9-15(10-7-13)23-19(25)16(18(24)22-23)11-14-8-5-12-3-1-2-4-17(12)21-14/h1-11H,(H,22,24)/b16-11-. The van der Waals surface area contributed by atoms with Crippen molar-refractivity contribution in [3.05, 3.63) is 75.5 Å². The highest BCUT2D eigenvalue weighted by molar-refractivity contribution is 14.1. The van der Waals surface area contributed by atoms with E-state index >= 15 is 0 Å². The van der Waals surface area contributed by atoms with Crippen LogP contribution in [0.3, 0.4) is 0 Å². The number of halogens is 1. The fourth-order valence-electron chi connectivity index (χ4n) is 2.64. The molecule has 0 spiro atoms. The lowest BCUT2D eigenvalue weighted by molar-refractivity contribution is -0.117. The van der Waals surface area contributed by atoms with Gasteiger partial charge in [-0.25, -0.2) is 9.99 Å². The van der Waals surface area contributed by atoms with Gasteiger partial charge in [-0.05, 0) is 65.1 Å². The van der Waals surface area contributed by atoms with Crippen LogP contribution < -0.4 is 10.4 Å². The first kappa shape index (κ1) is 15.8. The molecular weight excluding hydrogens is 429 g/mol. The zero-order chi connectivity index (χ0) is 17.4. The maximum atomic E-state index is 12.6. The molecule has 1 fully saturated rings. The zero-order valence-corrected chi connectivity index (χ0v) is 15.1. The lowest BCUT2D eigenvalue weighted by Crippen LogP contribution is -2.35. The van der Waals surface area contributed by atoms with E-state index in [-0.39, 0.29) is 11.5 Å². The molecule has 122 valence electrons. The number of amides is 2. The Balaban J connectivity index is 1.69. The summed E-state index contributed by atoms with van der Waals surface area (Å²) >= 11 is 2.18. The minimum atomic E-state index is -0.432. The highest BCUT2D eigenvalue weighted by atomic mass is 127. The smallest absolute Gasteiger partial charge is 0.267 e. The predicted octanol–water partition coefficient (Wildman–Crippen LogP) is 3.30. The molecule has 1 aliphatic rings. The maximum absolute atomic E-state index is 12.6. The number of hydrogen-bond acceptors (Lipinski definition) is 3. The Labute approximate surface area is 157 Å². The molecule has 3 aromatic rings. The Hall–Kier alpha value is -2.74. The molecule has 6 heteroatoms. The molecule has 1 aliphatic heterocycles.